The van der Waals surface area contributed by atoms with Gasteiger partial charge in [0.05, 0.1) is 24.3 Å². The molecule has 0 atom stereocenters. The number of carboxylic acids is 1. The second-order valence-corrected chi connectivity index (χ2v) is 6.00. The maximum absolute atomic E-state index is 14.4. The maximum Gasteiger partial charge on any atom is 0.352 e. The molecule has 0 fully saturated rings. The molecule has 0 radical (unpaired) electrons. The molecule has 0 aromatic heterocycles. The number of hydrogen-bond donors (Lipinski definition) is 2. The quantitative estimate of drug-likeness (QED) is 0.673. The van der Waals surface area contributed by atoms with Crippen molar-refractivity contribution in [2.24, 2.45) is 0 Å². The lowest BCUT2D eigenvalue weighted by Gasteiger charge is -2.18. The van der Waals surface area contributed by atoms with Crippen LogP contribution in [0.4, 0.5) is 25.0 Å². The first-order valence-corrected chi connectivity index (χ1v) is 8.31. The van der Waals surface area contributed by atoms with Gasteiger partial charge < -0.3 is 20.1 Å². The summed E-state index contributed by atoms with van der Waals surface area (Å²) in [6.07, 6.45) is -0.274. The second kappa shape index (κ2) is 8.19. The van der Waals surface area contributed by atoms with Crippen LogP contribution in [0.15, 0.2) is 18.2 Å². The zero-order valence-electron chi connectivity index (χ0n) is 15.2. The van der Waals surface area contributed by atoms with Crippen molar-refractivity contribution in [3.05, 3.63) is 23.8 Å². The molecule has 9 nitrogen and oxygen atoms in total. The molecule has 1 aromatic carbocycles. The first-order chi connectivity index (χ1) is 13.1. The maximum atomic E-state index is 14.4. The van der Waals surface area contributed by atoms with Gasteiger partial charge in [-0.1, -0.05) is 0 Å². The summed E-state index contributed by atoms with van der Waals surface area (Å²) in [5.74, 6) is -7.33. The summed E-state index contributed by atoms with van der Waals surface area (Å²) in [7, 11) is 1.35. The monoisotopic (exact) mass is 399 g/mol. The average molecular weight is 399 g/mol. The fourth-order valence-corrected chi connectivity index (χ4v) is 2.57. The number of halogens is 2. The number of aliphatic carboxylic acids is 1. The topological polar surface area (TPSA) is 116 Å². The molecule has 1 aliphatic rings. The number of urea groups is 1. The molecular weight excluding hydrogens is 380 g/mol. The zero-order chi connectivity index (χ0) is 21.1. The van der Waals surface area contributed by atoms with Gasteiger partial charge in [0, 0.05) is 19.3 Å². The van der Waals surface area contributed by atoms with E-state index in [1.165, 1.54) is 19.2 Å². The predicted octanol–water partition coefficient (Wildman–Crippen LogP) is 1.63. The summed E-state index contributed by atoms with van der Waals surface area (Å²) < 4.78 is 33.4. The van der Waals surface area contributed by atoms with E-state index < -0.39 is 41.9 Å². The van der Waals surface area contributed by atoms with Crippen molar-refractivity contribution >= 4 is 35.3 Å². The number of anilines is 2. The molecule has 1 aliphatic heterocycles. The fourth-order valence-electron chi connectivity index (χ4n) is 2.57. The van der Waals surface area contributed by atoms with Crippen LogP contribution < -0.4 is 10.2 Å². The number of fused-ring (bicyclic) bond motifs is 1. The van der Waals surface area contributed by atoms with E-state index in [-0.39, 0.29) is 30.9 Å². The number of rotatable bonds is 7. The largest absolute Gasteiger partial charge is 0.481 e. The lowest BCUT2D eigenvalue weighted by Crippen LogP contribution is -2.38. The van der Waals surface area contributed by atoms with Gasteiger partial charge in [-0.3, -0.25) is 19.3 Å². The number of carbonyl (C=O) groups excluding carboxylic acids is 3. The minimum absolute atomic E-state index is 0.00335. The number of nitrogens with zero attached hydrogens (tertiary/aromatic N) is 2. The second-order valence-electron chi connectivity index (χ2n) is 6.00. The van der Waals surface area contributed by atoms with Crippen LogP contribution in [0.1, 0.15) is 18.9 Å². The van der Waals surface area contributed by atoms with E-state index >= 15 is 0 Å². The van der Waals surface area contributed by atoms with Crippen LogP contribution >= 0.6 is 0 Å². The highest BCUT2D eigenvalue weighted by molar-refractivity contribution is 6.08. The van der Waals surface area contributed by atoms with E-state index in [0.717, 1.165) is 11.0 Å². The molecule has 2 rings (SSSR count). The van der Waals surface area contributed by atoms with Gasteiger partial charge in [-0.15, -0.1) is 0 Å². The van der Waals surface area contributed by atoms with E-state index in [4.69, 9.17) is 9.84 Å². The summed E-state index contributed by atoms with van der Waals surface area (Å²) in [6, 6.07) is 2.74. The Bertz CT molecular complexity index is 814. The number of ether oxygens (including phenoxy) is 1. The van der Waals surface area contributed by atoms with Gasteiger partial charge in [-0.05, 0) is 25.1 Å². The Morgan fingerprint density at radius 2 is 2.00 bits per heavy atom. The van der Waals surface area contributed by atoms with E-state index in [1.54, 1.807) is 6.92 Å². The van der Waals surface area contributed by atoms with Crippen molar-refractivity contribution in [1.29, 1.82) is 0 Å². The van der Waals surface area contributed by atoms with E-state index in [2.05, 4.69) is 5.32 Å². The van der Waals surface area contributed by atoms with Gasteiger partial charge in [-0.2, -0.15) is 8.78 Å². The van der Waals surface area contributed by atoms with Gasteiger partial charge in [0.25, 0.3) is 0 Å². The van der Waals surface area contributed by atoms with Gasteiger partial charge >= 0.3 is 29.8 Å². The van der Waals surface area contributed by atoms with Gasteiger partial charge in [0.15, 0.2) is 0 Å². The molecule has 0 bridgehead atoms. The molecule has 152 valence electrons. The van der Waals surface area contributed by atoms with E-state index in [9.17, 15) is 28.0 Å². The molecule has 0 unspecified atom stereocenters. The lowest BCUT2D eigenvalue weighted by atomic mass is 10.1. The van der Waals surface area contributed by atoms with Crippen LogP contribution in [0.2, 0.25) is 0 Å². The van der Waals surface area contributed by atoms with Crippen molar-refractivity contribution in [3.63, 3.8) is 0 Å². The molecule has 28 heavy (non-hydrogen) atoms. The Morgan fingerprint density at radius 3 is 2.61 bits per heavy atom. The smallest absolute Gasteiger partial charge is 0.352 e. The number of esters is 1. The third-order valence-electron chi connectivity index (χ3n) is 3.99. The van der Waals surface area contributed by atoms with Gasteiger partial charge in [0.1, 0.15) is 6.54 Å². The standard InChI is InChI=1S/C17H19F2N3O6/c1-3-28-14(25)9-22-12-5-4-10(8-11(12)17(18,19)15(22)26)20-16(27)21(2)7-6-13(23)24/h4-5,8H,3,6-7,9H2,1-2H3,(H,20,27)(H,23,24). The molecule has 11 heteroatoms. The van der Waals surface area contributed by atoms with Crippen molar-refractivity contribution in [3.8, 4) is 0 Å². The number of hydrogen-bond acceptors (Lipinski definition) is 5. The molecule has 1 aromatic rings. The van der Waals surface area contributed by atoms with Crippen LogP contribution in [0.25, 0.3) is 0 Å². The normalized spacial score (nSPS) is 14.4. The summed E-state index contributed by atoms with van der Waals surface area (Å²) in [4.78, 5) is 47.9. The van der Waals surface area contributed by atoms with Gasteiger partial charge in [0.2, 0.25) is 0 Å². The summed E-state index contributed by atoms with van der Waals surface area (Å²) >= 11 is 0. The minimum Gasteiger partial charge on any atom is -0.481 e. The Hall–Kier alpha value is -3.24. The van der Waals surface area contributed by atoms with Crippen molar-refractivity contribution in [2.75, 3.05) is 37.0 Å². The molecular formula is C17H19F2N3O6. The van der Waals surface area contributed by atoms with Crippen LogP contribution in [-0.4, -0.2) is 60.6 Å². The Balaban J connectivity index is 2.20. The number of carboxylic acid groups (broad SMARTS) is 1. The van der Waals surface area contributed by atoms with Crippen molar-refractivity contribution in [1.82, 2.24) is 4.90 Å². The van der Waals surface area contributed by atoms with Crippen LogP contribution in [-0.2, 0) is 25.0 Å². The predicted molar refractivity (Wildman–Crippen MR) is 93.2 cm³/mol. The molecule has 0 saturated heterocycles. The number of alkyl halides is 2. The number of carbonyl (C=O) groups is 4. The average Bonchev–Trinajstić information content (AvgIpc) is 2.80. The Labute approximate surface area is 158 Å². The van der Waals surface area contributed by atoms with Gasteiger partial charge in [-0.25, -0.2) is 4.79 Å². The van der Waals surface area contributed by atoms with Crippen LogP contribution in [0, 0.1) is 0 Å². The first-order valence-electron chi connectivity index (χ1n) is 8.31. The molecule has 3 amide bonds. The van der Waals surface area contributed by atoms with Crippen molar-refractivity contribution in [2.45, 2.75) is 19.3 Å². The van der Waals surface area contributed by atoms with Crippen LogP contribution in [0.3, 0.4) is 0 Å². The van der Waals surface area contributed by atoms with Crippen LogP contribution in [0.5, 0.6) is 0 Å². The first kappa shape index (κ1) is 21.1. The number of amides is 3. The highest BCUT2D eigenvalue weighted by Gasteiger charge is 2.53. The minimum atomic E-state index is -3.86. The lowest BCUT2D eigenvalue weighted by molar-refractivity contribution is -0.146. The highest BCUT2D eigenvalue weighted by Crippen LogP contribution is 2.45. The molecule has 0 aliphatic carbocycles. The number of benzene rings is 1. The third kappa shape index (κ3) is 4.35. The Kier molecular flexibility index (Phi) is 6.16. The summed E-state index contributed by atoms with van der Waals surface area (Å²) in [5, 5.41) is 11.0. The SMILES string of the molecule is CCOC(=O)CN1C(=O)C(F)(F)c2cc(NC(=O)N(C)CCC(=O)O)ccc21. The van der Waals surface area contributed by atoms with E-state index in [1.807, 2.05) is 0 Å². The molecule has 1 heterocycles. The summed E-state index contributed by atoms with van der Waals surface area (Å²) in [5.41, 5.74) is -0.801. The molecule has 0 spiro atoms. The van der Waals surface area contributed by atoms with Crippen molar-refractivity contribution < 1.29 is 37.8 Å². The zero-order valence-corrected chi connectivity index (χ0v) is 15.2. The summed E-state index contributed by atoms with van der Waals surface area (Å²) in [6.45, 7) is 0.867. The molecule has 2 N–H and O–H groups in total. The Morgan fingerprint density at radius 1 is 1.32 bits per heavy atom. The number of nitrogens with one attached hydrogen (secondary N) is 1. The highest BCUT2D eigenvalue weighted by atomic mass is 19.3. The molecule has 0 saturated carbocycles. The third-order valence-corrected chi connectivity index (χ3v) is 3.99. The van der Waals surface area contributed by atoms with E-state index in [0.29, 0.717) is 4.90 Å². The fraction of sp³-hybridized carbons (Fsp3) is 0.412.